The molecule has 0 atom stereocenters. The highest BCUT2D eigenvalue weighted by Gasteiger charge is 2.28. The summed E-state index contributed by atoms with van der Waals surface area (Å²) in [6.07, 6.45) is 0. The van der Waals surface area contributed by atoms with E-state index in [-0.39, 0.29) is 33.8 Å². The van der Waals surface area contributed by atoms with Crippen LogP contribution in [0.4, 0.5) is 5.69 Å². The highest BCUT2D eigenvalue weighted by molar-refractivity contribution is 5.93. The van der Waals surface area contributed by atoms with E-state index in [1.165, 1.54) is 31.2 Å². The average Bonchev–Trinajstić information content (AvgIpc) is 2.79. The number of carbonyl (C=O) groups excluding carboxylic acids is 3. The minimum absolute atomic E-state index is 0.184. The van der Waals surface area contributed by atoms with Crippen LogP contribution in [0.15, 0.2) is 60.7 Å². The molecule has 0 aliphatic rings. The van der Waals surface area contributed by atoms with Gasteiger partial charge in [-0.05, 0) is 71.5 Å². The number of nitrogens with one attached hydrogen (secondary N) is 1. The lowest BCUT2D eigenvalue weighted by Gasteiger charge is -2.27. The highest BCUT2D eigenvalue weighted by atomic mass is 16.5. The summed E-state index contributed by atoms with van der Waals surface area (Å²) in [5, 5.41) is 13.5. The van der Waals surface area contributed by atoms with Gasteiger partial charge in [0.15, 0.2) is 0 Å². The molecule has 7 nitrogen and oxygen atoms in total. The number of anilines is 1. The molecule has 3 aromatic carbocycles. The quantitative estimate of drug-likeness (QED) is 0.309. The Morgan fingerprint density at radius 2 is 1.08 bits per heavy atom. The van der Waals surface area contributed by atoms with Crippen molar-refractivity contribution < 1.29 is 29.0 Å². The molecule has 0 heterocycles. The molecule has 194 valence electrons. The van der Waals surface area contributed by atoms with Gasteiger partial charge in [0.2, 0.25) is 5.91 Å². The number of phenolic OH excluding ortho intramolecular Hbond substituents is 1. The SMILES string of the molecule is CC(=O)Nc1ccc(OC(=O)c2ccc(OC(=O)c3cc(C(C)(C)C)c(O)c(C(C)(C)C)c3)cc2)cc1. The van der Waals surface area contributed by atoms with Gasteiger partial charge >= 0.3 is 11.9 Å². The number of rotatable bonds is 5. The fourth-order valence-electron chi connectivity index (χ4n) is 3.70. The molecule has 3 rings (SSSR count). The van der Waals surface area contributed by atoms with E-state index >= 15 is 0 Å². The molecule has 0 saturated carbocycles. The first-order chi connectivity index (χ1) is 17.1. The van der Waals surface area contributed by atoms with Crippen molar-refractivity contribution in [2.75, 3.05) is 5.32 Å². The smallest absolute Gasteiger partial charge is 0.343 e. The van der Waals surface area contributed by atoms with Crippen molar-refractivity contribution >= 4 is 23.5 Å². The zero-order valence-corrected chi connectivity index (χ0v) is 22.3. The number of hydrogen-bond acceptors (Lipinski definition) is 6. The molecule has 0 unspecified atom stereocenters. The van der Waals surface area contributed by atoms with E-state index in [1.807, 2.05) is 41.5 Å². The summed E-state index contributed by atoms with van der Waals surface area (Å²) in [6, 6.07) is 15.8. The Labute approximate surface area is 217 Å². The van der Waals surface area contributed by atoms with Crippen LogP contribution in [-0.2, 0) is 15.6 Å². The molecule has 0 aliphatic heterocycles. The van der Waals surface area contributed by atoms with Crippen LogP contribution >= 0.6 is 0 Å². The third kappa shape index (κ3) is 6.97. The predicted octanol–water partition coefficient (Wildman–Crippen LogP) is 6.38. The van der Waals surface area contributed by atoms with Crippen molar-refractivity contribution in [3.05, 3.63) is 82.9 Å². The summed E-state index contributed by atoms with van der Waals surface area (Å²) in [5.41, 5.74) is 1.76. The van der Waals surface area contributed by atoms with Gasteiger partial charge in [0.25, 0.3) is 0 Å². The number of carbonyl (C=O) groups is 3. The predicted molar refractivity (Wildman–Crippen MR) is 143 cm³/mol. The second kappa shape index (κ2) is 10.5. The molecule has 2 N–H and O–H groups in total. The second-order valence-corrected chi connectivity index (χ2v) is 10.9. The molecule has 3 aromatic rings. The van der Waals surface area contributed by atoms with Gasteiger partial charge in [-0.3, -0.25) is 4.79 Å². The third-order valence-corrected chi connectivity index (χ3v) is 5.65. The molecule has 0 bridgehead atoms. The van der Waals surface area contributed by atoms with E-state index in [4.69, 9.17) is 9.47 Å². The molecule has 1 amide bonds. The van der Waals surface area contributed by atoms with Gasteiger partial charge in [0, 0.05) is 23.7 Å². The summed E-state index contributed by atoms with van der Waals surface area (Å²) < 4.78 is 10.9. The Kier molecular flexibility index (Phi) is 7.77. The number of aromatic hydroxyl groups is 1. The van der Waals surface area contributed by atoms with Crippen molar-refractivity contribution in [1.82, 2.24) is 0 Å². The molecule has 0 radical (unpaired) electrons. The fraction of sp³-hybridized carbons (Fsp3) is 0.300. The van der Waals surface area contributed by atoms with Gasteiger partial charge in [0.05, 0.1) is 11.1 Å². The summed E-state index contributed by atoms with van der Waals surface area (Å²) in [5.74, 6) is -0.557. The molecule has 0 fully saturated rings. The van der Waals surface area contributed by atoms with Gasteiger partial charge in [-0.15, -0.1) is 0 Å². The number of hydrogen-bond donors (Lipinski definition) is 2. The van der Waals surface area contributed by atoms with E-state index in [9.17, 15) is 19.5 Å². The van der Waals surface area contributed by atoms with Gasteiger partial charge in [-0.25, -0.2) is 9.59 Å². The van der Waals surface area contributed by atoms with Crippen LogP contribution in [0.5, 0.6) is 17.2 Å². The molecule has 0 aliphatic carbocycles. The number of ether oxygens (including phenoxy) is 2. The van der Waals surface area contributed by atoms with Crippen LogP contribution in [0.25, 0.3) is 0 Å². The van der Waals surface area contributed by atoms with Crippen LogP contribution in [0.1, 0.15) is 80.3 Å². The Morgan fingerprint density at radius 3 is 1.49 bits per heavy atom. The van der Waals surface area contributed by atoms with Crippen LogP contribution in [0.2, 0.25) is 0 Å². The minimum Gasteiger partial charge on any atom is -0.507 e. The van der Waals surface area contributed by atoms with E-state index in [2.05, 4.69) is 5.32 Å². The number of benzene rings is 3. The number of phenols is 1. The second-order valence-electron chi connectivity index (χ2n) is 10.9. The Balaban J connectivity index is 1.75. The maximum Gasteiger partial charge on any atom is 0.343 e. The molecule has 0 saturated heterocycles. The van der Waals surface area contributed by atoms with Crippen molar-refractivity contribution in [3.8, 4) is 17.2 Å². The van der Waals surface area contributed by atoms with Gasteiger partial charge < -0.3 is 19.9 Å². The lowest BCUT2D eigenvalue weighted by molar-refractivity contribution is -0.114. The van der Waals surface area contributed by atoms with Crippen LogP contribution < -0.4 is 14.8 Å². The van der Waals surface area contributed by atoms with Gasteiger partial charge in [-0.2, -0.15) is 0 Å². The summed E-state index contributed by atoms with van der Waals surface area (Å²) in [6.45, 7) is 13.2. The van der Waals surface area contributed by atoms with Gasteiger partial charge in [-0.1, -0.05) is 41.5 Å². The lowest BCUT2D eigenvalue weighted by Crippen LogP contribution is -2.20. The van der Waals surface area contributed by atoms with Crippen LogP contribution in [-0.4, -0.2) is 23.0 Å². The number of esters is 2. The first-order valence-corrected chi connectivity index (χ1v) is 11.9. The number of amides is 1. The molecule has 7 heteroatoms. The molecule has 37 heavy (non-hydrogen) atoms. The lowest BCUT2D eigenvalue weighted by atomic mass is 9.78. The van der Waals surface area contributed by atoms with Crippen LogP contribution in [0, 0.1) is 0 Å². The topological polar surface area (TPSA) is 102 Å². The Morgan fingerprint density at radius 1 is 0.676 bits per heavy atom. The fourth-order valence-corrected chi connectivity index (χ4v) is 3.70. The van der Waals surface area contributed by atoms with Crippen molar-refractivity contribution in [2.24, 2.45) is 0 Å². The van der Waals surface area contributed by atoms with E-state index in [0.29, 0.717) is 28.1 Å². The maximum atomic E-state index is 13.0. The first kappa shape index (κ1) is 27.5. The van der Waals surface area contributed by atoms with E-state index in [1.54, 1.807) is 36.4 Å². The minimum atomic E-state index is -0.576. The first-order valence-electron chi connectivity index (χ1n) is 11.9. The largest absolute Gasteiger partial charge is 0.507 e. The van der Waals surface area contributed by atoms with Gasteiger partial charge in [0.1, 0.15) is 17.2 Å². The highest BCUT2D eigenvalue weighted by Crippen LogP contribution is 2.40. The standard InChI is InChI=1S/C30H33NO6/c1-18(32)31-21-10-14-23(15-11-21)36-27(34)19-8-12-22(13-9-19)37-28(35)20-16-24(29(2,3)4)26(33)25(17-20)30(5,6)7/h8-17,33H,1-7H3,(H,31,32). The summed E-state index contributed by atoms with van der Waals surface area (Å²) in [4.78, 5) is 36.6. The zero-order valence-electron chi connectivity index (χ0n) is 22.3. The van der Waals surface area contributed by atoms with Crippen molar-refractivity contribution in [3.63, 3.8) is 0 Å². The van der Waals surface area contributed by atoms with Crippen molar-refractivity contribution in [1.29, 1.82) is 0 Å². The summed E-state index contributed by atoms with van der Waals surface area (Å²) in [7, 11) is 0. The van der Waals surface area contributed by atoms with Crippen molar-refractivity contribution in [2.45, 2.75) is 59.3 Å². The Hall–Kier alpha value is -4.13. The van der Waals surface area contributed by atoms with E-state index in [0.717, 1.165) is 0 Å². The Bertz CT molecular complexity index is 1280. The van der Waals surface area contributed by atoms with E-state index < -0.39 is 11.9 Å². The average molecular weight is 504 g/mol. The maximum absolute atomic E-state index is 13.0. The normalized spacial score (nSPS) is 11.5. The molecule has 0 spiro atoms. The van der Waals surface area contributed by atoms with Crippen LogP contribution in [0.3, 0.4) is 0 Å². The molecular weight excluding hydrogens is 470 g/mol. The molecular formula is C30H33NO6. The monoisotopic (exact) mass is 503 g/mol. The zero-order chi connectivity index (χ0) is 27.5. The third-order valence-electron chi connectivity index (χ3n) is 5.65. The summed E-state index contributed by atoms with van der Waals surface area (Å²) >= 11 is 0. The molecule has 0 aromatic heterocycles.